The molecule has 2 aliphatic rings. The molecule has 0 saturated carbocycles. The largest absolute Gasteiger partial charge is 0.389 e. The molecule has 0 spiro atoms. The number of likely N-dealkylation sites (tertiary alicyclic amines) is 1. The third-order valence-corrected chi connectivity index (χ3v) is 4.51. The number of hydrogen-bond acceptors (Lipinski definition) is 4. The van der Waals surface area contributed by atoms with Gasteiger partial charge in [0.25, 0.3) is 0 Å². The first-order chi connectivity index (χ1) is 7.62. The molecule has 2 heterocycles. The molecule has 2 rings (SSSR count). The van der Waals surface area contributed by atoms with E-state index < -0.39 is 5.60 Å². The fourth-order valence-corrected chi connectivity index (χ4v) is 3.09. The lowest BCUT2D eigenvalue weighted by atomic mass is 9.64. The molecular weight excluding hydrogens is 204 g/mol. The molecule has 0 amide bonds. The Bertz CT molecular complexity index is 231. The van der Waals surface area contributed by atoms with E-state index in [9.17, 15) is 5.11 Å². The van der Waals surface area contributed by atoms with Crippen LogP contribution in [0.15, 0.2) is 0 Å². The van der Waals surface area contributed by atoms with Gasteiger partial charge in [-0.3, -0.25) is 0 Å². The van der Waals surface area contributed by atoms with Crippen LogP contribution in [0.1, 0.15) is 25.7 Å². The molecule has 0 aromatic rings. The Kier molecular flexibility index (Phi) is 3.54. The highest BCUT2D eigenvalue weighted by Gasteiger charge is 2.51. The van der Waals surface area contributed by atoms with Crippen molar-refractivity contribution in [3.63, 3.8) is 0 Å². The van der Waals surface area contributed by atoms with Gasteiger partial charge in [0.1, 0.15) is 0 Å². The Hall–Kier alpha value is -0.160. The van der Waals surface area contributed by atoms with Gasteiger partial charge in [0, 0.05) is 31.7 Å². The van der Waals surface area contributed by atoms with Gasteiger partial charge >= 0.3 is 0 Å². The Morgan fingerprint density at radius 2 is 2.00 bits per heavy atom. The zero-order chi connectivity index (χ0) is 11.6. The maximum absolute atomic E-state index is 10.9. The van der Waals surface area contributed by atoms with Crippen molar-refractivity contribution in [2.24, 2.45) is 11.1 Å². The molecule has 0 bridgehead atoms. The summed E-state index contributed by atoms with van der Waals surface area (Å²) in [6.45, 7) is 3.89. The molecule has 94 valence electrons. The van der Waals surface area contributed by atoms with Crippen LogP contribution in [0.4, 0.5) is 0 Å². The number of nitrogens with zero attached hydrogens (tertiary/aromatic N) is 1. The van der Waals surface area contributed by atoms with E-state index in [2.05, 4.69) is 11.9 Å². The molecular formula is C12H24N2O2. The lowest BCUT2D eigenvalue weighted by molar-refractivity contribution is -0.164. The maximum Gasteiger partial charge on any atom is 0.0762 e. The van der Waals surface area contributed by atoms with E-state index in [0.29, 0.717) is 13.2 Å². The second kappa shape index (κ2) is 4.61. The summed E-state index contributed by atoms with van der Waals surface area (Å²) in [5, 5.41) is 10.9. The van der Waals surface area contributed by atoms with Gasteiger partial charge in [0.05, 0.1) is 12.2 Å². The third kappa shape index (κ3) is 1.99. The van der Waals surface area contributed by atoms with Crippen molar-refractivity contribution in [1.82, 2.24) is 4.90 Å². The highest BCUT2D eigenvalue weighted by atomic mass is 16.5. The molecule has 2 saturated heterocycles. The van der Waals surface area contributed by atoms with E-state index in [1.54, 1.807) is 0 Å². The Balaban J connectivity index is 2.12. The van der Waals surface area contributed by atoms with E-state index >= 15 is 0 Å². The molecule has 0 aromatic heterocycles. The van der Waals surface area contributed by atoms with Crippen molar-refractivity contribution in [3.8, 4) is 0 Å². The molecule has 3 N–H and O–H groups in total. The van der Waals surface area contributed by atoms with Gasteiger partial charge in [0.2, 0.25) is 0 Å². The highest BCUT2D eigenvalue weighted by molar-refractivity contribution is 5.03. The molecule has 4 nitrogen and oxygen atoms in total. The van der Waals surface area contributed by atoms with Crippen LogP contribution in [0.25, 0.3) is 0 Å². The fourth-order valence-electron chi connectivity index (χ4n) is 3.09. The molecule has 0 radical (unpaired) electrons. The minimum atomic E-state index is -0.616. The molecule has 0 aliphatic carbocycles. The van der Waals surface area contributed by atoms with Crippen molar-refractivity contribution in [3.05, 3.63) is 0 Å². The number of ether oxygens (including phenoxy) is 1. The number of aliphatic hydroxyl groups is 1. The van der Waals surface area contributed by atoms with Crippen molar-refractivity contribution in [2.75, 3.05) is 39.9 Å². The van der Waals surface area contributed by atoms with Crippen LogP contribution >= 0.6 is 0 Å². The van der Waals surface area contributed by atoms with Gasteiger partial charge in [-0.05, 0) is 32.7 Å². The highest BCUT2D eigenvalue weighted by Crippen LogP contribution is 2.44. The van der Waals surface area contributed by atoms with Crippen molar-refractivity contribution in [2.45, 2.75) is 31.3 Å². The molecule has 1 unspecified atom stereocenters. The SMILES string of the molecule is CN1CCC(O)(C2(CN)CCCOC2)CC1. The number of nitrogens with two attached hydrogens (primary N) is 1. The molecule has 4 heteroatoms. The number of hydrogen-bond donors (Lipinski definition) is 2. The summed E-state index contributed by atoms with van der Waals surface area (Å²) in [5.74, 6) is 0. The first-order valence-electron chi connectivity index (χ1n) is 6.31. The van der Waals surface area contributed by atoms with Crippen LogP contribution in [-0.4, -0.2) is 55.5 Å². The quantitative estimate of drug-likeness (QED) is 0.709. The summed E-state index contributed by atoms with van der Waals surface area (Å²) >= 11 is 0. The van der Waals surface area contributed by atoms with Gasteiger partial charge in [-0.1, -0.05) is 0 Å². The van der Waals surface area contributed by atoms with E-state index in [0.717, 1.165) is 45.4 Å². The second-order valence-corrected chi connectivity index (χ2v) is 5.48. The van der Waals surface area contributed by atoms with Crippen LogP contribution < -0.4 is 5.73 Å². The Labute approximate surface area is 97.7 Å². The molecule has 2 fully saturated rings. The van der Waals surface area contributed by atoms with E-state index in [4.69, 9.17) is 10.5 Å². The third-order valence-electron chi connectivity index (χ3n) is 4.51. The maximum atomic E-state index is 10.9. The average Bonchev–Trinajstić information content (AvgIpc) is 2.34. The zero-order valence-corrected chi connectivity index (χ0v) is 10.2. The number of piperidine rings is 1. The smallest absolute Gasteiger partial charge is 0.0762 e. The summed E-state index contributed by atoms with van der Waals surface area (Å²) in [4.78, 5) is 2.27. The molecule has 16 heavy (non-hydrogen) atoms. The van der Waals surface area contributed by atoms with Crippen LogP contribution in [0.2, 0.25) is 0 Å². The van der Waals surface area contributed by atoms with Crippen LogP contribution in [-0.2, 0) is 4.74 Å². The summed E-state index contributed by atoms with van der Waals surface area (Å²) < 4.78 is 5.57. The van der Waals surface area contributed by atoms with E-state index in [-0.39, 0.29) is 5.41 Å². The predicted molar refractivity (Wildman–Crippen MR) is 63.2 cm³/mol. The van der Waals surface area contributed by atoms with Crippen molar-refractivity contribution < 1.29 is 9.84 Å². The summed E-state index contributed by atoms with van der Waals surface area (Å²) in [5.41, 5.74) is 5.12. The standard InChI is InChI=1S/C12H24N2O2/c1-14-6-4-12(15,5-7-14)11(9-13)3-2-8-16-10-11/h15H,2-10,13H2,1H3. The van der Waals surface area contributed by atoms with Gasteiger partial charge in [0.15, 0.2) is 0 Å². The van der Waals surface area contributed by atoms with E-state index in [1.165, 1.54) is 0 Å². The summed E-state index contributed by atoms with van der Waals surface area (Å²) in [7, 11) is 2.10. The number of rotatable bonds is 2. The summed E-state index contributed by atoms with van der Waals surface area (Å²) in [6, 6.07) is 0. The van der Waals surface area contributed by atoms with Gasteiger partial charge < -0.3 is 20.5 Å². The van der Waals surface area contributed by atoms with Gasteiger partial charge in [-0.25, -0.2) is 0 Å². The summed E-state index contributed by atoms with van der Waals surface area (Å²) in [6.07, 6.45) is 3.67. The lowest BCUT2D eigenvalue weighted by Crippen LogP contribution is -2.60. The van der Waals surface area contributed by atoms with Crippen LogP contribution in [0, 0.1) is 5.41 Å². The monoisotopic (exact) mass is 228 g/mol. The van der Waals surface area contributed by atoms with Crippen LogP contribution in [0.3, 0.4) is 0 Å². The molecule has 2 aliphatic heterocycles. The predicted octanol–water partition coefficient (Wildman–Crippen LogP) is 0.199. The topological polar surface area (TPSA) is 58.7 Å². The Morgan fingerprint density at radius 3 is 2.50 bits per heavy atom. The Morgan fingerprint density at radius 1 is 1.31 bits per heavy atom. The van der Waals surface area contributed by atoms with Crippen LogP contribution in [0.5, 0.6) is 0 Å². The van der Waals surface area contributed by atoms with Crippen molar-refractivity contribution >= 4 is 0 Å². The van der Waals surface area contributed by atoms with Gasteiger partial charge in [-0.2, -0.15) is 0 Å². The van der Waals surface area contributed by atoms with E-state index in [1.807, 2.05) is 0 Å². The molecule has 0 aromatic carbocycles. The van der Waals surface area contributed by atoms with Gasteiger partial charge in [-0.15, -0.1) is 0 Å². The minimum absolute atomic E-state index is 0.202. The minimum Gasteiger partial charge on any atom is -0.389 e. The van der Waals surface area contributed by atoms with Crippen molar-refractivity contribution in [1.29, 1.82) is 0 Å². The second-order valence-electron chi connectivity index (χ2n) is 5.48. The first-order valence-corrected chi connectivity index (χ1v) is 6.31. The molecule has 1 atom stereocenters. The zero-order valence-electron chi connectivity index (χ0n) is 10.2. The first kappa shape index (κ1) is 12.3. The fraction of sp³-hybridized carbons (Fsp3) is 1.00. The normalized spacial score (nSPS) is 36.2. The average molecular weight is 228 g/mol. The lowest BCUT2D eigenvalue weighted by Gasteiger charge is -2.51.